The number of hydrogen-bond acceptors (Lipinski definition) is 1. The Morgan fingerprint density at radius 3 is 2.12 bits per heavy atom. The number of aryl methyl sites for hydroxylation is 5. The van der Waals surface area contributed by atoms with Gasteiger partial charge in [0, 0.05) is 11.3 Å². The van der Waals surface area contributed by atoms with Crippen molar-refractivity contribution in [2.24, 2.45) is 0 Å². The molecule has 26 heavy (non-hydrogen) atoms. The molecule has 0 bridgehead atoms. The second-order valence-corrected chi connectivity index (χ2v) is 6.87. The normalized spacial score (nSPS) is 10.6. The maximum absolute atomic E-state index is 12.9. The van der Waals surface area contributed by atoms with Crippen molar-refractivity contribution in [2.45, 2.75) is 33.6 Å². The molecular weight excluding hydrogens is 318 g/mol. The zero-order valence-corrected chi connectivity index (χ0v) is 15.7. The number of carbonyl (C=O) groups is 1. The Morgan fingerprint density at radius 1 is 0.808 bits per heavy atom. The van der Waals surface area contributed by atoms with E-state index in [2.05, 4.69) is 48.6 Å². The van der Waals surface area contributed by atoms with E-state index in [-0.39, 0.29) is 5.91 Å². The molecule has 1 N–H and O–H groups in total. The molecule has 3 aromatic carbocycles. The van der Waals surface area contributed by atoms with Crippen LogP contribution in [0.15, 0.2) is 66.7 Å². The van der Waals surface area contributed by atoms with Crippen LogP contribution in [0.4, 0.5) is 5.69 Å². The van der Waals surface area contributed by atoms with Crippen LogP contribution in [0.25, 0.3) is 0 Å². The van der Waals surface area contributed by atoms with Crippen LogP contribution in [-0.2, 0) is 12.8 Å². The van der Waals surface area contributed by atoms with Crippen LogP contribution < -0.4 is 5.32 Å². The number of amides is 1. The Labute approximate surface area is 155 Å². The lowest BCUT2D eigenvalue weighted by Gasteiger charge is -2.15. The summed E-state index contributed by atoms with van der Waals surface area (Å²) in [5, 5.41) is 3.12. The predicted molar refractivity (Wildman–Crippen MR) is 109 cm³/mol. The van der Waals surface area contributed by atoms with Crippen LogP contribution in [0, 0.1) is 20.8 Å². The zero-order valence-electron chi connectivity index (χ0n) is 15.7. The molecule has 0 spiro atoms. The van der Waals surface area contributed by atoms with Gasteiger partial charge in [0.2, 0.25) is 0 Å². The highest BCUT2D eigenvalue weighted by Crippen LogP contribution is 2.23. The lowest BCUT2D eigenvalue weighted by molar-refractivity contribution is 0.102. The minimum Gasteiger partial charge on any atom is -0.321 e. The van der Waals surface area contributed by atoms with E-state index in [1.165, 1.54) is 11.1 Å². The quantitative estimate of drug-likeness (QED) is 0.637. The fraction of sp³-hybridized carbons (Fsp3) is 0.208. The van der Waals surface area contributed by atoms with Crippen molar-refractivity contribution < 1.29 is 4.79 Å². The molecule has 0 heterocycles. The fourth-order valence-electron chi connectivity index (χ4n) is 3.44. The predicted octanol–water partition coefficient (Wildman–Crippen LogP) is 5.65. The maximum atomic E-state index is 12.9. The standard InChI is InChI=1S/C24H25NO/c1-17-15-18(2)23(19(3)16-17)25-24(26)22-12-8-7-11-21(22)14-13-20-9-5-4-6-10-20/h4-12,15-16H,13-14H2,1-3H3,(H,25,26). The van der Waals surface area contributed by atoms with Gasteiger partial charge in [-0.15, -0.1) is 0 Å². The van der Waals surface area contributed by atoms with Crippen LogP contribution in [0.1, 0.15) is 38.2 Å². The molecule has 0 aliphatic heterocycles. The highest BCUT2D eigenvalue weighted by molar-refractivity contribution is 6.06. The largest absolute Gasteiger partial charge is 0.321 e. The Kier molecular flexibility index (Phi) is 5.52. The molecule has 0 unspecified atom stereocenters. The van der Waals surface area contributed by atoms with E-state index >= 15 is 0 Å². The third-order valence-electron chi connectivity index (χ3n) is 4.70. The molecule has 2 nitrogen and oxygen atoms in total. The van der Waals surface area contributed by atoms with E-state index in [1.54, 1.807) is 0 Å². The summed E-state index contributed by atoms with van der Waals surface area (Å²) in [4.78, 5) is 12.9. The van der Waals surface area contributed by atoms with E-state index in [9.17, 15) is 4.79 Å². The van der Waals surface area contributed by atoms with Crippen LogP contribution in [-0.4, -0.2) is 5.91 Å². The highest BCUT2D eigenvalue weighted by Gasteiger charge is 2.13. The van der Waals surface area contributed by atoms with Gasteiger partial charge in [-0.3, -0.25) is 4.79 Å². The van der Waals surface area contributed by atoms with Crippen LogP contribution in [0.5, 0.6) is 0 Å². The first-order chi connectivity index (χ1) is 12.5. The molecule has 1 amide bonds. The topological polar surface area (TPSA) is 29.1 Å². The number of hydrogen-bond donors (Lipinski definition) is 1. The van der Waals surface area contributed by atoms with Gasteiger partial charge in [0.1, 0.15) is 0 Å². The van der Waals surface area contributed by atoms with E-state index in [0.29, 0.717) is 0 Å². The molecule has 0 fully saturated rings. The number of anilines is 1. The SMILES string of the molecule is Cc1cc(C)c(NC(=O)c2ccccc2CCc2ccccc2)c(C)c1. The zero-order chi connectivity index (χ0) is 18.5. The van der Waals surface area contributed by atoms with Gasteiger partial charge in [0.05, 0.1) is 0 Å². The molecule has 0 aliphatic rings. The van der Waals surface area contributed by atoms with E-state index in [1.807, 2.05) is 44.2 Å². The summed E-state index contributed by atoms with van der Waals surface area (Å²) in [7, 11) is 0. The van der Waals surface area contributed by atoms with Gasteiger partial charge in [0.15, 0.2) is 0 Å². The lowest BCUT2D eigenvalue weighted by atomic mass is 9.99. The van der Waals surface area contributed by atoms with Crippen molar-refractivity contribution in [1.82, 2.24) is 0 Å². The third-order valence-corrected chi connectivity index (χ3v) is 4.70. The number of benzene rings is 3. The van der Waals surface area contributed by atoms with Gasteiger partial charge in [-0.2, -0.15) is 0 Å². The van der Waals surface area contributed by atoms with Crippen molar-refractivity contribution in [3.63, 3.8) is 0 Å². The Bertz CT molecular complexity index is 889. The van der Waals surface area contributed by atoms with Crippen LogP contribution in [0.3, 0.4) is 0 Å². The molecule has 0 saturated heterocycles. The monoisotopic (exact) mass is 343 g/mol. The molecule has 3 aromatic rings. The van der Waals surface area contributed by atoms with Crippen molar-refractivity contribution >= 4 is 11.6 Å². The van der Waals surface area contributed by atoms with Gasteiger partial charge in [0.25, 0.3) is 5.91 Å². The lowest BCUT2D eigenvalue weighted by Crippen LogP contribution is -2.16. The second kappa shape index (κ2) is 8.01. The summed E-state index contributed by atoms with van der Waals surface area (Å²) in [6.07, 6.45) is 1.77. The summed E-state index contributed by atoms with van der Waals surface area (Å²) < 4.78 is 0. The molecule has 0 aliphatic carbocycles. The third kappa shape index (κ3) is 4.20. The first-order valence-electron chi connectivity index (χ1n) is 9.05. The minimum atomic E-state index is -0.0382. The first kappa shape index (κ1) is 17.9. The molecule has 2 heteroatoms. The van der Waals surface area contributed by atoms with Gasteiger partial charge >= 0.3 is 0 Å². The highest BCUT2D eigenvalue weighted by atomic mass is 16.1. The summed E-state index contributed by atoms with van der Waals surface area (Å²) in [5.74, 6) is -0.0382. The smallest absolute Gasteiger partial charge is 0.255 e. The Hall–Kier alpha value is -2.87. The van der Waals surface area contributed by atoms with Crippen LogP contribution in [0.2, 0.25) is 0 Å². The fourth-order valence-corrected chi connectivity index (χ4v) is 3.44. The molecule has 0 saturated carbocycles. The first-order valence-corrected chi connectivity index (χ1v) is 9.05. The van der Waals surface area contributed by atoms with E-state index < -0.39 is 0 Å². The summed E-state index contributed by atoms with van der Waals surface area (Å²) in [5.41, 5.74) is 7.43. The second-order valence-electron chi connectivity index (χ2n) is 6.87. The molecular formula is C24H25NO. The molecule has 0 aromatic heterocycles. The summed E-state index contributed by atoms with van der Waals surface area (Å²) in [6.45, 7) is 6.15. The van der Waals surface area contributed by atoms with Gasteiger partial charge in [-0.25, -0.2) is 0 Å². The summed E-state index contributed by atoms with van der Waals surface area (Å²) >= 11 is 0. The average Bonchev–Trinajstić information content (AvgIpc) is 2.64. The van der Waals surface area contributed by atoms with Gasteiger partial charge in [-0.1, -0.05) is 66.2 Å². The number of rotatable bonds is 5. The Morgan fingerprint density at radius 2 is 1.42 bits per heavy atom. The minimum absolute atomic E-state index is 0.0382. The van der Waals surface area contributed by atoms with E-state index in [4.69, 9.17) is 0 Å². The molecule has 0 atom stereocenters. The Balaban J connectivity index is 1.80. The van der Waals surface area contributed by atoms with Crippen LogP contribution >= 0.6 is 0 Å². The number of carbonyl (C=O) groups excluding carboxylic acids is 1. The van der Waals surface area contributed by atoms with Crippen molar-refractivity contribution in [2.75, 3.05) is 5.32 Å². The molecule has 3 rings (SSSR count). The van der Waals surface area contributed by atoms with Crippen molar-refractivity contribution in [1.29, 1.82) is 0 Å². The maximum Gasteiger partial charge on any atom is 0.255 e. The molecule has 0 radical (unpaired) electrons. The van der Waals surface area contributed by atoms with E-state index in [0.717, 1.165) is 40.8 Å². The van der Waals surface area contributed by atoms with Crippen molar-refractivity contribution in [3.05, 3.63) is 100 Å². The molecule has 132 valence electrons. The number of nitrogens with one attached hydrogen (secondary N) is 1. The van der Waals surface area contributed by atoms with Gasteiger partial charge in [-0.05, 0) is 61.9 Å². The average molecular weight is 343 g/mol. The summed E-state index contributed by atoms with van der Waals surface area (Å²) in [6, 6.07) is 22.5. The van der Waals surface area contributed by atoms with Gasteiger partial charge < -0.3 is 5.32 Å². The van der Waals surface area contributed by atoms with Crippen molar-refractivity contribution in [3.8, 4) is 0 Å².